The first kappa shape index (κ1) is 48.0. The number of ether oxygens (including phenoxy) is 2. The third-order valence-electron chi connectivity index (χ3n) is 8.02. The number of halogens is 17. The molecule has 20 heteroatoms. The smallest absolute Gasteiger partial charge is 0.460 e. The van der Waals surface area contributed by atoms with Crippen molar-refractivity contribution in [1.29, 1.82) is 0 Å². The molecule has 0 radical (unpaired) electrons. The number of hydrogen-bond donors (Lipinski definition) is 0. The Morgan fingerprint density at radius 3 is 1.55 bits per heavy atom. The average molecular weight is 805 g/mol. The number of hydrogen-bond acceptors (Lipinski definition) is 3. The van der Waals surface area contributed by atoms with E-state index in [9.17, 15) is 79.4 Å². The lowest BCUT2D eigenvalue weighted by Gasteiger charge is -2.42. The molecule has 1 aromatic carbocycles. The first-order valence-corrected chi connectivity index (χ1v) is 15.7. The highest BCUT2D eigenvalue weighted by molar-refractivity contribution is 5.53. The zero-order valence-electron chi connectivity index (χ0n) is 28.4. The molecule has 0 heterocycles. The molecule has 1 aromatic rings. The summed E-state index contributed by atoms with van der Waals surface area (Å²) in [6.45, 7) is 6.58. The Bertz CT molecular complexity index is 1360. The normalized spacial score (nSPS) is 16.9. The molecule has 0 spiro atoms. The highest BCUT2D eigenvalue weighted by Crippen LogP contribution is 2.64. The van der Waals surface area contributed by atoms with Gasteiger partial charge in [-0.3, -0.25) is 0 Å². The fourth-order valence-electron chi connectivity index (χ4n) is 4.22. The van der Waals surface area contributed by atoms with Crippen LogP contribution in [0.25, 0.3) is 0 Å². The summed E-state index contributed by atoms with van der Waals surface area (Å²) in [6, 6.07) is 5.31. The van der Waals surface area contributed by atoms with Crippen molar-refractivity contribution in [3.63, 3.8) is 0 Å². The van der Waals surface area contributed by atoms with Crippen LogP contribution >= 0.6 is 0 Å². The van der Waals surface area contributed by atoms with Gasteiger partial charge in [-0.05, 0) is 55.7 Å². The number of benzene rings is 1. The monoisotopic (exact) mass is 804 g/mol. The van der Waals surface area contributed by atoms with E-state index in [-0.39, 0.29) is 36.2 Å². The third-order valence-corrected chi connectivity index (χ3v) is 8.02. The molecule has 306 valence electrons. The Kier molecular flexibility index (Phi) is 15.9. The molecule has 0 unspecified atom stereocenters. The number of aldehydes is 1. The minimum Gasteiger partial charge on any atom is -0.494 e. The summed E-state index contributed by atoms with van der Waals surface area (Å²) < 4.78 is 239. The summed E-state index contributed by atoms with van der Waals surface area (Å²) >= 11 is 0. The van der Waals surface area contributed by atoms with Gasteiger partial charge in [0, 0.05) is 12.3 Å². The van der Waals surface area contributed by atoms with Gasteiger partial charge in [0.05, 0.1) is 19.3 Å². The van der Waals surface area contributed by atoms with E-state index in [0.29, 0.717) is 12.0 Å². The van der Waals surface area contributed by atoms with Crippen LogP contribution in [0.4, 0.5) is 74.6 Å². The third kappa shape index (κ3) is 10.6. The van der Waals surface area contributed by atoms with Gasteiger partial charge in [-0.25, -0.2) is 0 Å². The first-order valence-electron chi connectivity index (χ1n) is 15.7. The fourth-order valence-corrected chi connectivity index (χ4v) is 4.22. The fraction of sp³-hybridized carbons (Fsp3) is 0.667. The lowest BCUT2D eigenvalue weighted by atomic mass is 9.88. The zero-order valence-corrected chi connectivity index (χ0v) is 28.4. The average Bonchev–Trinajstić information content (AvgIpc) is 3.04. The van der Waals surface area contributed by atoms with Crippen LogP contribution in [0.5, 0.6) is 5.75 Å². The van der Waals surface area contributed by atoms with Crippen LogP contribution in [0.3, 0.4) is 0 Å². The molecular weight excluding hydrogens is 767 g/mol. The summed E-state index contributed by atoms with van der Waals surface area (Å²) in [5.74, 6) is -56.4. The predicted octanol–water partition coefficient (Wildman–Crippen LogP) is 11.8. The molecule has 0 aliphatic heterocycles. The van der Waals surface area contributed by atoms with E-state index in [1.807, 2.05) is 45.1 Å². The van der Waals surface area contributed by atoms with Crippen molar-refractivity contribution in [3.05, 3.63) is 54.1 Å². The molecule has 4 atom stereocenters. The number of alkyl halides is 17. The van der Waals surface area contributed by atoms with Crippen LogP contribution in [0, 0.1) is 17.8 Å². The van der Waals surface area contributed by atoms with Gasteiger partial charge < -0.3 is 14.3 Å². The highest BCUT2D eigenvalue weighted by atomic mass is 19.4. The van der Waals surface area contributed by atoms with Crippen molar-refractivity contribution in [2.45, 2.75) is 114 Å². The van der Waals surface area contributed by atoms with E-state index >= 15 is 0 Å². The molecule has 0 N–H and O–H groups in total. The Hall–Kier alpha value is -3.06. The van der Waals surface area contributed by atoms with Gasteiger partial charge in [0.2, 0.25) is 0 Å². The molecule has 0 bridgehead atoms. The predicted molar refractivity (Wildman–Crippen MR) is 157 cm³/mol. The molecule has 0 aromatic heterocycles. The maximum absolute atomic E-state index is 14.1. The van der Waals surface area contributed by atoms with Gasteiger partial charge in [0.15, 0.2) is 0 Å². The number of rotatable bonds is 22. The summed E-state index contributed by atoms with van der Waals surface area (Å²) in [5.41, 5.74) is 0.563. The van der Waals surface area contributed by atoms with E-state index in [1.165, 1.54) is 24.3 Å². The summed E-state index contributed by atoms with van der Waals surface area (Å²) in [6.07, 6.45) is -1.87. The lowest BCUT2D eigenvalue weighted by molar-refractivity contribution is -0.461. The molecule has 0 saturated carbocycles. The molecule has 0 aliphatic carbocycles. The molecule has 0 saturated heterocycles. The van der Waals surface area contributed by atoms with E-state index in [4.69, 9.17) is 9.47 Å². The Morgan fingerprint density at radius 2 is 1.06 bits per heavy atom. The van der Waals surface area contributed by atoms with Gasteiger partial charge in [-0.15, -0.1) is 0 Å². The topological polar surface area (TPSA) is 35.5 Å². The van der Waals surface area contributed by atoms with Gasteiger partial charge in [-0.2, -0.15) is 74.6 Å². The molecule has 1 rings (SSSR count). The van der Waals surface area contributed by atoms with Crippen LogP contribution in [0.1, 0.15) is 58.9 Å². The number of carbonyl (C=O) groups excluding carboxylic acids is 1. The van der Waals surface area contributed by atoms with E-state index in [2.05, 4.69) is 0 Å². The number of allylic oxidation sites excluding steroid dienone is 3. The van der Waals surface area contributed by atoms with E-state index in [1.54, 1.807) is 6.92 Å². The second-order valence-corrected chi connectivity index (χ2v) is 12.5. The SMILES string of the molecule is C[C@H](C=O)C/C=C/[C@H](C)C/C=C/[C@@H](C)[C@@H](C)OCc1ccc(OCCCC(F)(F)C(F)(F)C(F)(F)C(F)(F)C(F)(F)C(F)(F)C(F)(F)C(F)(F)F)cc1. The van der Waals surface area contributed by atoms with Crippen LogP contribution in [0.15, 0.2) is 48.6 Å². The first-order chi connectivity index (χ1) is 23.9. The quantitative estimate of drug-likeness (QED) is 0.0507. The van der Waals surface area contributed by atoms with Crippen LogP contribution < -0.4 is 4.74 Å². The van der Waals surface area contributed by atoms with Crippen molar-refractivity contribution in [1.82, 2.24) is 0 Å². The van der Waals surface area contributed by atoms with Crippen molar-refractivity contribution >= 4 is 6.29 Å². The zero-order chi connectivity index (χ0) is 41.5. The second-order valence-electron chi connectivity index (χ2n) is 12.5. The maximum Gasteiger partial charge on any atom is 0.460 e. The molecule has 0 fully saturated rings. The van der Waals surface area contributed by atoms with Crippen molar-refractivity contribution in [2.75, 3.05) is 6.61 Å². The lowest BCUT2D eigenvalue weighted by Crippen LogP contribution is -2.74. The van der Waals surface area contributed by atoms with Gasteiger partial charge in [0.1, 0.15) is 12.0 Å². The van der Waals surface area contributed by atoms with E-state index < -0.39 is 67.1 Å². The second kappa shape index (κ2) is 17.6. The van der Waals surface area contributed by atoms with Crippen LogP contribution in [-0.2, 0) is 16.1 Å². The Morgan fingerprint density at radius 1 is 0.604 bits per heavy atom. The minimum absolute atomic E-state index is 0.0166. The van der Waals surface area contributed by atoms with Gasteiger partial charge in [0.25, 0.3) is 0 Å². The highest BCUT2D eigenvalue weighted by Gasteiger charge is 2.95. The van der Waals surface area contributed by atoms with Crippen molar-refractivity contribution in [2.24, 2.45) is 17.8 Å². The largest absolute Gasteiger partial charge is 0.494 e. The Balaban J connectivity index is 2.79. The molecule has 0 aliphatic rings. The van der Waals surface area contributed by atoms with Crippen molar-refractivity contribution < 1.29 is 88.9 Å². The molecular formula is C33H37F17O3. The van der Waals surface area contributed by atoms with Gasteiger partial charge in [-0.1, -0.05) is 57.2 Å². The Labute approximate surface area is 293 Å². The van der Waals surface area contributed by atoms with Crippen molar-refractivity contribution in [3.8, 4) is 5.75 Å². The minimum atomic E-state index is -8.65. The summed E-state index contributed by atoms with van der Waals surface area (Å²) in [5, 5.41) is 0. The maximum atomic E-state index is 14.1. The van der Waals surface area contributed by atoms with E-state index in [0.717, 1.165) is 12.7 Å². The molecule has 3 nitrogen and oxygen atoms in total. The summed E-state index contributed by atoms with van der Waals surface area (Å²) in [7, 11) is 0. The number of carbonyl (C=O) groups is 1. The molecule has 0 amide bonds. The summed E-state index contributed by atoms with van der Waals surface area (Å²) in [4.78, 5) is 10.7. The van der Waals surface area contributed by atoms with Crippen LogP contribution in [-0.4, -0.2) is 66.6 Å². The van der Waals surface area contributed by atoms with Gasteiger partial charge >= 0.3 is 47.6 Å². The standard InChI is InChI=1S/C33H37F17O3/c1-20(8-5-10-21(2)18-51)9-6-11-22(3)23(4)53-19-24-12-14-25(15-13-24)52-17-7-16-26(34,35)27(36,37)28(38,39)29(40,41)30(42,43)31(44,45)32(46,47)33(48,49)50/h5-6,8,11-15,18,20-23H,7,9-10,16-17,19H2,1-4H3/b8-5+,11-6+/t20-,21-,22+,23+/m0/s1. The van der Waals surface area contributed by atoms with Crippen LogP contribution in [0.2, 0.25) is 0 Å². The molecule has 53 heavy (non-hydrogen) atoms.